The van der Waals surface area contributed by atoms with Crippen molar-refractivity contribution >= 4 is 0 Å². The lowest BCUT2D eigenvalue weighted by molar-refractivity contribution is -0.0173. The molecule has 0 radical (unpaired) electrons. The van der Waals surface area contributed by atoms with Crippen LogP contribution in [-0.4, -0.2) is 63.0 Å². The molecule has 4 nitrogen and oxygen atoms in total. The zero-order chi connectivity index (χ0) is 14.3. The van der Waals surface area contributed by atoms with Crippen molar-refractivity contribution in [2.75, 3.05) is 46.6 Å². The van der Waals surface area contributed by atoms with Gasteiger partial charge >= 0.3 is 0 Å². The third-order valence-corrected chi connectivity index (χ3v) is 5.05. The number of methoxy groups -OCH3 is 1. The van der Waals surface area contributed by atoms with Gasteiger partial charge in [-0.15, -0.1) is 0 Å². The molecule has 1 saturated carbocycles. The first-order chi connectivity index (χ1) is 9.80. The molecule has 1 aliphatic heterocycles. The Morgan fingerprint density at radius 3 is 2.65 bits per heavy atom. The highest BCUT2D eigenvalue weighted by Gasteiger charge is 2.41. The SMILES string of the molecule is CCC1CN(CCOCCOC)C2(CCCCC2)CN1. The van der Waals surface area contributed by atoms with Gasteiger partial charge in [-0.3, -0.25) is 4.90 Å². The van der Waals surface area contributed by atoms with Gasteiger partial charge in [0.1, 0.15) is 0 Å². The molecule has 1 heterocycles. The summed E-state index contributed by atoms with van der Waals surface area (Å²) in [7, 11) is 1.72. The van der Waals surface area contributed by atoms with Crippen molar-refractivity contribution in [1.29, 1.82) is 0 Å². The Balaban J connectivity index is 1.85. The van der Waals surface area contributed by atoms with E-state index in [2.05, 4.69) is 17.1 Å². The predicted octanol–water partition coefficient (Wildman–Crippen LogP) is 2.04. The molecule has 2 fully saturated rings. The van der Waals surface area contributed by atoms with Crippen LogP contribution >= 0.6 is 0 Å². The fourth-order valence-corrected chi connectivity index (χ4v) is 3.69. The van der Waals surface area contributed by atoms with Gasteiger partial charge in [-0.25, -0.2) is 0 Å². The first kappa shape index (κ1) is 16.2. The van der Waals surface area contributed by atoms with Crippen LogP contribution in [0.25, 0.3) is 0 Å². The van der Waals surface area contributed by atoms with Crippen LogP contribution in [0.3, 0.4) is 0 Å². The van der Waals surface area contributed by atoms with Gasteiger partial charge in [0.05, 0.1) is 19.8 Å². The van der Waals surface area contributed by atoms with Crippen molar-refractivity contribution in [1.82, 2.24) is 10.2 Å². The molecule has 1 spiro atoms. The van der Waals surface area contributed by atoms with Crippen LogP contribution in [0.1, 0.15) is 45.4 Å². The second-order valence-electron chi connectivity index (χ2n) is 6.32. The van der Waals surface area contributed by atoms with Crippen molar-refractivity contribution in [3.05, 3.63) is 0 Å². The molecule has 1 unspecified atom stereocenters. The largest absolute Gasteiger partial charge is 0.382 e. The van der Waals surface area contributed by atoms with Gasteiger partial charge < -0.3 is 14.8 Å². The van der Waals surface area contributed by atoms with Gasteiger partial charge in [0, 0.05) is 38.3 Å². The van der Waals surface area contributed by atoms with Crippen molar-refractivity contribution in [2.24, 2.45) is 0 Å². The highest BCUT2D eigenvalue weighted by molar-refractivity contribution is 5.00. The molecule has 20 heavy (non-hydrogen) atoms. The van der Waals surface area contributed by atoms with Gasteiger partial charge in [-0.2, -0.15) is 0 Å². The molecule has 0 aromatic carbocycles. The second kappa shape index (κ2) is 8.32. The van der Waals surface area contributed by atoms with Crippen LogP contribution in [0.5, 0.6) is 0 Å². The van der Waals surface area contributed by atoms with Gasteiger partial charge in [-0.1, -0.05) is 26.2 Å². The second-order valence-corrected chi connectivity index (χ2v) is 6.32. The fourth-order valence-electron chi connectivity index (χ4n) is 3.69. The third kappa shape index (κ3) is 4.17. The highest BCUT2D eigenvalue weighted by atomic mass is 16.5. The summed E-state index contributed by atoms with van der Waals surface area (Å²) in [6.07, 6.45) is 8.12. The number of hydrogen-bond donors (Lipinski definition) is 1. The molecule has 0 bridgehead atoms. The molecule has 2 rings (SSSR count). The average molecular weight is 284 g/mol. The normalized spacial score (nSPS) is 27.0. The molecule has 1 aliphatic carbocycles. The summed E-state index contributed by atoms with van der Waals surface area (Å²) in [5, 5.41) is 3.77. The lowest BCUT2D eigenvalue weighted by Gasteiger charge is -2.52. The van der Waals surface area contributed by atoms with E-state index in [1.807, 2.05) is 0 Å². The monoisotopic (exact) mass is 284 g/mol. The molecular weight excluding hydrogens is 252 g/mol. The molecule has 0 amide bonds. The van der Waals surface area contributed by atoms with Crippen LogP contribution in [0, 0.1) is 0 Å². The summed E-state index contributed by atoms with van der Waals surface area (Å²) in [5.41, 5.74) is 0.411. The Labute approximate surface area is 124 Å². The van der Waals surface area contributed by atoms with E-state index in [1.54, 1.807) is 7.11 Å². The minimum atomic E-state index is 0.411. The van der Waals surface area contributed by atoms with Crippen molar-refractivity contribution in [3.63, 3.8) is 0 Å². The minimum absolute atomic E-state index is 0.411. The zero-order valence-electron chi connectivity index (χ0n) is 13.3. The van der Waals surface area contributed by atoms with E-state index in [1.165, 1.54) is 51.6 Å². The molecule has 118 valence electrons. The van der Waals surface area contributed by atoms with E-state index in [-0.39, 0.29) is 0 Å². The number of piperazine rings is 1. The predicted molar refractivity (Wildman–Crippen MR) is 82.2 cm³/mol. The Kier molecular flexibility index (Phi) is 6.75. The molecule has 4 heteroatoms. The topological polar surface area (TPSA) is 33.7 Å². The summed E-state index contributed by atoms with van der Waals surface area (Å²) >= 11 is 0. The summed E-state index contributed by atoms with van der Waals surface area (Å²) in [5.74, 6) is 0. The number of nitrogens with zero attached hydrogens (tertiary/aromatic N) is 1. The van der Waals surface area contributed by atoms with Crippen LogP contribution < -0.4 is 5.32 Å². The molecule has 0 aromatic rings. The number of rotatable bonds is 7. The molecule has 2 aliphatic rings. The summed E-state index contributed by atoms with van der Waals surface area (Å²) in [4.78, 5) is 2.73. The summed E-state index contributed by atoms with van der Waals surface area (Å²) in [6, 6.07) is 0.654. The first-order valence-electron chi connectivity index (χ1n) is 8.36. The van der Waals surface area contributed by atoms with E-state index >= 15 is 0 Å². The summed E-state index contributed by atoms with van der Waals surface area (Å²) in [6.45, 7) is 7.96. The Morgan fingerprint density at radius 2 is 1.95 bits per heavy atom. The molecule has 1 N–H and O–H groups in total. The van der Waals surface area contributed by atoms with Crippen molar-refractivity contribution < 1.29 is 9.47 Å². The molecule has 0 aromatic heterocycles. The van der Waals surface area contributed by atoms with E-state index in [0.29, 0.717) is 24.8 Å². The number of nitrogens with one attached hydrogen (secondary N) is 1. The van der Waals surface area contributed by atoms with Crippen LogP contribution in [0.4, 0.5) is 0 Å². The highest BCUT2D eigenvalue weighted by Crippen LogP contribution is 2.35. The molecule has 1 saturated heterocycles. The quantitative estimate of drug-likeness (QED) is 0.725. The fraction of sp³-hybridized carbons (Fsp3) is 1.00. The number of ether oxygens (including phenoxy) is 2. The first-order valence-corrected chi connectivity index (χ1v) is 8.36. The Hall–Kier alpha value is -0.160. The molecular formula is C16H32N2O2. The van der Waals surface area contributed by atoms with Gasteiger partial charge in [0.15, 0.2) is 0 Å². The standard InChI is InChI=1S/C16H32N2O2/c1-3-15-13-18(9-10-20-12-11-19-2)16(14-17-15)7-5-4-6-8-16/h15,17H,3-14H2,1-2H3. The van der Waals surface area contributed by atoms with E-state index in [4.69, 9.17) is 9.47 Å². The van der Waals surface area contributed by atoms with Crippen LogP contribution in [0.2, 0.25) is 0 Å². The van der Waals surface area contributed by atoms with Crippen molar-refractivity contribution in [3.8, 4) is 0 Å². The van der Waals surface area contributed by atoms with Crippen LogP contribution in [-0.2, 0) is 9.47 Å². The lowest BCUT2D eigenvalue weighted by atomic mass is 9.78. The van der Waals surface area contributed by atoms with Gasteiger partial charge in [0.25, 0.3) is 0 Å². The number of hydrogen-bond acceptors (Lipinski definition) is 4. The van der Waals surface area contributed by atoms with Crippen molar-refractivity contribution in [2.45, 2.75) is 57.0 Å². The van der Waals surface area contributed by atoms with Crippen LogP contribution in [0.15, 0.2) is 0 Å². The third-order valence-electron chi connectivity index (χ3n) is 5.05. The summed E-state index contributed by atoms with van der Waals surface area (Å²) < 4.78 is 10.7. The smallest absolute Gasteiger partial charge is 0.0700 e. The Morgan fingerprint density at radius 1 is 1.15 bits per heavy atom. The minimum Gasteiger partial charge on any atom is -0.382 e. The maximum Gasteiger partial charge on any atom is 0.0700 e. The Bertz CT molecular complexity index is 267. The van der Waals surface area contributed by atoms with E-state index in [9.17, 15) is 0 Å². The lowest BCUT2D eigenvalue weighted by Crippen LogP contribution is -2.65. The van der Waals surface area contributed by atoms with Gasteiger partial charge in [-0.05, 0) is 19.3 Å². The zero-order valence-corrected chi connectivity index (χ0v) is 13.3. The maximum atomic E-state index is 5.69. The average Bonchev–Trinajstić information content (AvgIpc) is 2.50. The maximum absolute atomic E-state index is 5.69. The molecule has 1 atom stereocenters. The van der Waals surface area contributed by atoms with Gasteiger partial charge in [0.2, 0.25) is 0 Å². The van der Waals surface area contributed by atoms with E-state index in [0.717, 1.165) is 13.2 Å². The van der Waals surface area contributed by atoms with E-state index < -0.39 is 0 Å².